The van der Waals surface area contributed by atoms with E-state index in [1.54, 1.807) is 0 Å². The van der Waals surface area contributed by atoms with Gasteiger partial charge >= 0.3 is 11.9 Å². The van der Waals surface area contributed by atoms with Gasteiger partial charge in [0.1, 0.15) is 6.10 Å². The molecule has 0 aromatic rings. The van der Waals surface area contributed by atoms with E-state index in [2.05, 4.69) is 13.8 Å². The van der Waals surface area contributed by atoms with Gasteiger partial charge < -0.3 is 18.9 Å². The van der Waals surface area contributed by atoms with Gasteiger partial charge in [0.25, 0.3) is 0 Å². The molecular formula is C31H58O6. The Morgan fingerprint density at radius 3 is 1.97 bits per heavy atom. The fourth-order valence-corrected chi connectivity index (χ4v) is 5.22. The molecule has 6 heteroatoms. The Morgan fingerprint density at radius 1 is 0.811 bits per heavy atom. The van der Waals surface area contributed by atoms with Crippen molar-refractivity contribution < 1.29 is 28.5 Å². The molecule has 218 valence electrons. The number of carbonyl (C=O) groups is 2. The van der Waals surface area contributed by atoms with Crippen LogP contribution >= 0.6 is 0 Å². The molecule has 1 fully saturated rings. The standard InChI is InChI=1S/C31H58O6/c1-5-8-10-12-13-14-15-16-17-21-27(37-30-23-19-20-24-35-30)25-29(36-26(4)32)28(31(33)34-7-3)22-18-11-9-6-2/h27-30H,5-25H2,1-4H3/t27-,28+,29+,30?/m1/s1. The van der Waals surface area contributed by atoms with E-state index in [4.69, 9.17) is 18.9 Å². The predicted molar refractivity (Wildman–Crippen MR) is 149 cm³/mol. The van der Waals surface area contributed by atoms with E-state index in [1.807, 2.05) is 6.92 Å². The van der Waals surface area contributed by atoms with Crippen molar-refractivity contribution in [1.82, 2.24) is 0 Å². The second-order valence-corrected chi connectivity index (χ2v) is 10.8. The minimum absolute atomic E-state index is 0.107. The molecule has 0 spiro atoms. The van der Waals surface area contributed by atoms with E-state index < -0.39 is 12.0 Å². The Labute approximate surface area is 227 Å². The fraction of sp³-hybridized carbons (Fsp3) is 0.935. The average Bonchev–Trinajstić information content (AvgIpc) is 2.87. The van der Waals surface area contributed by atoms with E-state index in [1.165, 1.54) is 58.3 Å². The first-order valence-corrected chi connectivity index (χ1v) is 15.6. The molecular weight excluding hydrogens is 468 g/mol. The SMILES string of the molecule is CCCCCCCCCCC[C@H](C[C@H](OC(C)=O)[C@H](CCCCCC)C(=O)OCC)OC1CCCCO1. The van der Waals surface area contributed by atoms with Gasteiger partial charge in [0, 0.05) is 20.0 Å². The van der Waals surface area contributed by atoms with Crippen molar-refractivity contribution >= 4 is 11.9 Å². The summed E-state index contributed by atoms with van der Waals surface area (Å²) in [5.74, 6) is -1.08. The van der Waals surface area contributed by atoms with E-state index in [-0.39, 0.29) is 24.3 Å². The first-order chi connectivity index (χ1) is 18.0. The third-order valence-electron chi connectivity index (χ3n) is 7.33. The summed E-state index contributed by atoms with van der Waals surface area (Å²) in [6, 6.07) is 0. The van der Waals surface area contributed by atoms with Gasteiger partial charge in [0.2, 0.25) is 0 Å². The molecule has 0 aromatic carbocycles. The summed E-state index contributed by atoms with van der Waals surface area (Å²) in [5.41, 5.74) is 0. The van der Waals surface area contributed by atoms with Gasteiger partial charge in [0.15, 0.2) is 6.29 Å². The van der Waals surface area contributed by atoms with Crippen LogP contribution < -0.4 is 0 Å². The highest BCUT2D eigenvalue weighted by atomic mass is 16.7. The minimum Gasteiger partial charge on any atom is -0.466 e. The van der Waals surface area contributed by atoms with Crippen molar-refractivity contribution in [1.29, 1.82) is 0 Å². The predicted octanol–water partition coefficient (Wildman–Crippen LogP) is 8.29. The second kappa shape index (κ2) is 22.8. The summed E-state index contributed by atoms with van der Waals surface area (Å²) in [6.07, 6.45) is 20.0. The normalized spacial score (nSPS) is 18.2. The lowest BCUT2D eigenvalue weighted by atomic mass is 9.90. The second-order valence-electron chi connectivity index (χ2n) is 10.8. The molecule has 0 saturated carbocycles. The smallest absolute Gasteiger partial charge is 0.312 e. The molecule has 6 nitrogen and oxygen atoms in total. The molecule has 1 unspecified atom stereocenters. The quantitative estimate of drug-likeness (QED) is 0.0985. The molecule has 1 saturated heterocycles. The van der Waals surface area contributed by atoms with Crippen LogP contribution in [-0.2, 0) is 28.5 Å². The third kappa shape index (κ3) is 17.1. The molecule has 0 aromatic heterocycles. The van der Waals surface area contributed by atoms with Crippen LogP contribution in [0.5, 0.6) is 0 Å². The van der Waals surface area contributed by atoms with Crippen molar-refractivity contribution in [3.8, 4) is 0 Å². The molecule has 0 amide bonds. The molecule has 37 heavy (non-hydrogen) atoms. The van der Waals surface area contributed by atoms with E-state index in [0.717, 1.165) is 64.4 Å². The number of rotatable bonds is 23. The summed E-state index contributed by atoms with van der Waals surface area (Å²) in [7, 11) is 0. The highest BCUT2D eigenvalue weighted by Crippen LogP contribution is 2.28. The van der Waals surface area contributed by atoms with Gasteiger partial charge in [-0.1, -0.05) is 97.3 Å². The van der Waals surface area contributed by atoms with Crippen molar-refractivity contribution in [2.75, 3.05) is 13.2 Å². The van der Waals surface area contributed by atoms with Crippen molar-refractivity contribution in [3.63, 3.8) is 0 Å². The Balaban J connectivity index is 2.78. The van der Waals surface area contributed by atoms with Gasteiger partial charge in [-0.15, -0.1) is 0 Å². The maximum Gasteiger partial charge on any atom is 0.312 e. The monoisotopic (exact) mass is 526 g/mol. The summed E-state index contributed by atoms with van der Waals surface area (Å²) >= 11 is 0. The van der Waals surface area contributed by atoms with Crippen LogP contribution in [0.25, 0.3) is 0 Å². The molecule has 1 heterocycles. The zero-order valence-corrected chi connectivity index (χ0v) is 24.6. The summed E-state index contributed by atoms with van der Waals surface area (Å²) in [6.45, 7) is 8.73. The van der Waals surface area contributed by atoms with Crippen molar-refractivity contribution in [3.05, 3.63) is 0 Å². The van der Waals surface area contributed by atoms with E-state index in [0.29, 0.717) is 19.4 Å². The van der Waals surface area contributed by atoms with Gasteiger partial charge in [-0.3, -0.25) is 9.59 Å². The van der Waals surface area contributed by atoms with Crippen LogP contribution in [0.2, 0.25) is 0 Å². The molecule has 4 atom stereocenters. The molecule has 1 aliphatic heterocycles. The Hall–Kier alpha value is -1.14. The van der Waals surface area contributed by atoms with Crippen LogP contribution in [0.3, 0.4) is 0 Å². The molecule has 0 N–H and O–H groups in total. The molecule has 1 aliphatic rings. The average molecular weight is 527 g/mol. The minimum atomic E-state index is -0.537. The molecule has 0 aliphatic carbocycles. The number of esters is 2. The number of unbranched alkanes of at least 4 members (excludes halogenated alkanes) is 11. The van der Waals surface area contributed by atoms with Crippen LogP contribution in [0.4, 0.5) is 0 Å². The number of hydrogen-bond donors (Lipinski definition) is 0. The number of carbonyl (C=O) groups excluding carboxylic acids is 2. The fourth-order valence-electron chi connectivity index (χ4n) is 5.22. The van der Waals surface area contributed by atoms with Gasteiger partial charge in [-0.05, 0) is 39.0 Å². The van der Waals surface area contributed by atoms with Crippen LogP contribution in [0.1, 0.15) is 150 Å². The number of hydrogen-bond acceptors (Lipinski definition) is 6. The van der Waals surface area contributed by atoms with Crippen molar-refractivity contribution in [2.24, 2.45) is 5.92 Å². The first kappa shape index (κ1) is 33.9. The maximum absolute atomic E-state index is 12.9. The summed E-state index contributed by atoms with van der Waals surface area (Å²) < 4.78 is 23.5. The molecule has 0 radical (unpaired) electrons. The van der Waals surface area contributed by atoms with Crippen LogP contribution in [-0.4, -0.2) is 43.7 Å². The zero-order chi connectivity index (χ0) is 27.1. The van der Waals surface area contributed by atoms with Gasteiger partial charge in [-0.25, -0.2) is 0 Å². The van der Waals surface area contributed by atoms with Crippen LogP contribution in [0, 0.1) is 5.92 Å². The highest BCUT2D eigenvalue weighted by Gasteiger charge is 2.34. The maximum atomic E-state index is 12.9. The summed E-state index contributed by atoms with van der Waals surface area (Å²) in [5, 5.41) is 0. The third-order valence-corrected chi connectivity index (χ3v) is 7.33. The largest absolute Gasteiger partial charge is 0.466 e. The lowest BCUT2D eigenvalue weighted by Crippen LogP contribution is -2.38. The van der Waals surface area contributed by atoms with Gasteiger partial charge in [0.05, 0.1) is 18.6 Å². The topological polar surface area (TPSA) is 71.1 Å². The number of ether oxygens (including phenoxy) is 4. The van der Waals surface area contributed by atoms with E-state index >= 15 is 0 Å². The lowest BCUT2D eigenvalue weighted by Gasteiger charge is -2.32. The summed E-state index contributed by atoms with van der Waals surface area (Å²) in [4.78, 5) is 25.0. The molecule has 1 rings (SSSR count). The highest BCUT2D eigenvalue weighted by molar-refractivity contribution is 5.74. The van der Waals surface area contributed by atoms with Gasteiger partial charge in [-0.2, -0.15) is 0 Å². The first-order valence-electron chi connectivity index (χ1n) is 15.6. The lowest BCUT2D eigenvalue weighted by molar-refractivity contribution is -0.199. The van der Waals surface area contributed by atoms with Crippen LogP contribution in [0.15, 0.2) is 0 Å². The molecule has 0 bridgehead atoms. The van der Waals surface area contributed by atoms with Crippen molar-refractivity contribution in [2.45, 2.75) is 168 Å². The zero-order valence-electron chi connectivity index (χ0n) is 24.6. The Bertz CT molecular complexity index is 560. The Kier molecular flexibility index (Phi) is 20.9. The van der Waals surface area contributed by atoms with E-state index in [9.17, 15) is 9.59 Å². The Morgan fingerprint density at radius 2 is 1.41 bits per heavy atom.